The van der Waals surface area contributed by atoms with E-state index in [-0.39, 0.29) is 11.1 Å². The van der Waals surface area contributed by atoms with Gasteiger partial charge in [0.25, 0.3) is 5.56 Å². The Morgan fingerprint density at radius 2 is 1.67 bits per heavy atom. The van der Waals surface area contributed by atoms with E-state index in [0.29, 0.717) is 31.1 Å². The summed E-state index contributed by atoms with van der Waals surface area (Å²) in [6.45, 7) is 11.3. The highest BCUT2D eigenvalue weighted by Gasteiger charge is 2.18. The largest absolute Gasteiger partial charge is 0.487 e. The van der Waals surface area contributed by atoms with Gasteiger partial charge in [0.15, 0.2) is 0 Å². The van der Waals surface area contributed by atoms with Gasteiger partial charge < -0.3 is 9.47 Å². The molecule has 2 aromatic rings. The van der Waals surface area contributed by atoms with Crippen molar-refractivity contribution in [2.24, 2.45) is 0 Å². The second-order valence-corrected chi connectivity index (χ2v) is 6.76. The van der Waals surface area contributed by atoms with Gasteiger partial charge in [0.2, 0.25) is 0 Å². The third kappa shape index (κ3) is 4.45. The zero-order chi connectivity index (χ0) is 17.7. The molecule has 0 bridgehead atoms. The Kier molecular flexibility index (Phi) is 5.78. The molecular formula is C19H26N2O3. The normalized spacial score (nSPS) is 11.5. The van der Waals surface area contributed by atoms with E-state index in [0.717, 1.165) is 11.1 Å². The summed E-state index contributed by atoms with van der Waals surface area (Å²) < 4.78 is 12.6. The van der Waals surface area contributed by atoms with Crippen LogP contribution in [-0.4, -0.2) is 16.4 Å². The van der Waals surface area contributed by atoms with Crippen LogP contribution in [0.1, 0.15) is 44.4 Å². The molecule has 1 aromatic heterocycles. The highest BCUT2D eigenvalue weighted by Crippen LogP contribution is 2.17. The smallest absolute Gasteiger partial charge is 0.273 e. The van der Waals surface area contributed by atoms with E-state index < -0.39 is 0 Å². The maximum absolute atomic E-state index is 12.4. The summed E-state index contributed by atoms with van der Waals surface area (Å²) in [4.78, 5) is 12.4. The number of benzene rings is 1. The molecule has 5 nitrogen and oxygen atoms in total. The van der Waals surface area contributed by atoms with Crippen LogP contribution in [0.15, 0.2) is 35.3 Å². The van der Waals surface area contributed by atoms with E-state index in [1.807, 2.05) is 52.0 Å². The number of ether oxygens (including phenoxy) is 2. The average molecular weight is 330 g/mol. The zero-order valence-electron chi connectivity index (χ0n) is 15.1. The van der Waals surface area contributed by atoms with Gasteiger partial charge in [-0.25, -0.2) is 4.68 Å². The van der Waals surface area contributed by atoms with E-state index in [9.17, 15) is 4.79 Å². The summed E-state index contributed by atoms with van der Waals surface area (Å²) >= 11 is 0. The molecule has 0 atom stereocenters. The van der Waals surface area contributed by atoms with Gasteiger partial charge in [0.1, 0.15) is 12.4 Å². The van der Waals surface area contributed by atoms with E-state index in [2.05, 4.69) is 5.10 Å². The molecule has 0 aliphatic heterocycles. The summed E-state index contributed by atoms with van der Waals surface area (Å²) in [7, 11) is 0. The minimum Gasteiger partial charge on any atom is -0.487 e. The Morgan fingerprint density at radius 3 is 2.21 bits per heavy atom. The number of hydrogen-bond donors (Lipinski definition) is 0. The Balaban J connectivity index is 2.07. The minimum atomic E-state index is -0.350. The van der Waals surface area contributed by atoms with Crippen LogP contribution in [0.5, 0.6) is 5.75 Å². The van der Waals surface area contributed by atoms with Gasteiger partial charge in [-0.1, -0.05) is 24.3 Å². The topological polar surface area (TPSA) is 53.4 Å². The fourth-order valence-corrected chi connectivity index (χ4v) is 2.26. The van der Waals surface area contributed by atoms with Crippen molar-refractivity contribution in [3.63, 3.8) is 0 Å². The van der Waals surface area contributed by atoms with Crippen molar-refractivity contribution >= 4 is 0 Å². The van der Waals surface area contributed by atoms with Crippen LogP contribution >= 0.6 is 0 Å². The minimum absolute atomic E-state index is 0.118. The summed E-state index contributed by atoms with van der Waals surface area (Å²) in [6.07, 6.45) is 1.62. The highest BCUT2D eigenvalue weighted by atomic mass is 16.5. The Labute approximate surface area is 143 Å². The number of hydrogen-bond acceptors (Lipinski definition) is 4. The van der Waals surface area contributed by atoms with Crippen molar-refractivity contribution < 1.29 is 9.47 Å². The van der Waals surface area contributed by atoms with Crippen molar-refractivity contribution in [3.05, 3.63) is 57.5 Å². The van der Waals surface area contributed by atoms with Crippen LogP contribution < -0.4 is 10.3 Å². The van der Waals surface area contributed by atoms with Gasteiger partial charge in [-0.2, -0.15) is 5.10 Å². The molecule has 0 amide bonds. The molecule has 5 heteroatoms. The maximum atomic E-state index is 12.4. The van der Waals surface area contributed by atoms with Gasteiger partial charge in [0.05, 0.1) is 23.9 Å². The third-order valence-corrected chi connectivity index (χ3v) is 3.70. The fraction of sp³-hybridized carbons (Fsp3) is 0.474. The molecule has 0 aliphatic carbocycles. The van der Waals surface area contributed by atoms with Crippen LogP contribution in [0.3, 0.4) is 0 Å². The van der Waals surface area contributed by atoms with Gasteiger partial charge in [-0.15, -0.1) is 0 Å². The molecule has 0 spiro atoms. The quantitative estimate of drug-likeness (QED) is 0.814. The van der Waals surface area contributed by atoms with Gasteiger partial charge in [-0.05, 0) is 45.7 Å². The molecule has 0 aliphatic rings. The summed E-state index contributed by atoms with van der Waals surface area (Å²) in [5, 5.41) is 4.23. The molecular weight excluding hydrogens is 304 g/mol. The number of rotatable bonds is 6. The zero-order valence-corrected chi connectivity index (χ0v) is 15.1. The lowest BCUT2D eigenvalue weighted by molar-refractivity contribution is 0.134. The van der Waals surface area contributed by atoms with Crippen LogP contribution in [0, 0.1) is 6.92 Å². The number of aromatic nitrogens is 2. The molecule has 130 valence electrons. The van der Waals surface area contributed by atoms with Crippen molar-refractivity contribution in [2.75, 3.05) is 6.61 Å². The Morgan fingerprint density at radius 1 is 1.08 bits per heavy atom. The average Bonchev–Trinajstić information content (AvgIpc) is 2.54. The molecule has 0 N–H and O–H groups in total. The fourth-order valence-electron chi connectivity index (χ4n) is 2.26. The second-order valence-electron chi connectivity index (χ2n) is 6.76. The first-order valence-corrected chi connectivity index (χ1v) is 8.20. The second kappa shape index (κ2) is 7.62. The molecule has 0 unspecified atom stereocenters. The van der Waals surface area contributed by atoms with Gasteiger partial charge in [0, 0.05) is 6.61 Å². The van der Waals surface area contributed by atoms with Crippen LogP contribution in [0.25, 0.3) is 0 Å². The SMILES string of the molecule is CCOCc1ccc(COc2cnn(C(C)(C)C)c(=O)c2C)cc1. The molecule has 0 saturated heterocycles. The first-order chi connectivity index (χ1) is 11.3. The Bertz CT molecular complexity index is 728. The third-order valence-electron chi connectivity index (χ3n) is 3.70. The summed E-state index contributed by atoms with van der Waals surface area (Å²) in [6, 6.07) is 8.06. The van der Waals surface area contributed by atoms with Crippen LogP contribution in [0.4, 0.5) is 0 Å². The molecule has 1 heterocycles. The van der Waals surface area contributed by atoms with Gasteiger partial charge in [-0.3, -0.25) is 4.79 Å². The van der Waals surface area contributed by atoms with Crippen molar-refractivity contribution in [3.8, 4) is 5.75 Å². The first-order valence-electron chi connectivity index (χ1n) is 8.20. The van der Waals surface area contributed by atoms with Crippen molar-refractivity contribution in [2.45, 2.75) is 53.4 Å². The molecule has 24 heavy (non-hydrogen) atoms. The van der Waals surface area contributed by atoms with E-state index >= 15 is 0 Å². The lowest BCUT2D eigenvalue weighted by Gasteiger charge is -2.21. The summed E-state index contributed by atoms with van der Waals surface area (Å²) in [5.41, 5.74) is 2.28. The number of nitrogens with zero attached hydrogens (tertiary/aromatic N) is 2. The molecule has 0 saturated carbocycles. The van der Waals surface area contributed by atoms with Crippen LogP contribution in [0.2, 0.25) is 0 Å². The monoisotopic (exact) mass is 330 g/mol. The standard InChI is InChI=1S/C19H26N2O3/c1-6-23-12-15-7-9-16(10-8-15)13-24-17-11-20-21(19(3,4)5)18(22)14(17)2/h7-11H,6,12-13H2,1-5H3. The summed E-state index contributed by atoms with van der Waals surface area (Å²) in [5.74, 6) is 0.527. The lowest BCUT2D eigenvalue weighted by Crippen LogP contribution is -2.37. The van der Waals surface area contributed by atoms with E-state index in [1.165, 1.54) is 4.68 Å². The van der Waals surface area contributed by atoms with E-state index in [4.69, 9.17) is 9.47 Å². The van der Waals surface area contributed by atoms with Gasteiger partial charge >= 0.3 is 0 Å². The molecule has 0 radical (unpaired) electrons. The van der Waals surface area contributed by atoms with Crippen molar-refractivity contribution in [1.29, 1.82) is 0 Å². The highest BCUT2D eigenvalue weighted by molar-refractivity contribution is 5.28. The molecule has 0 fully saturated rings. The predicted octanol–water partition coefficient (Wildman–Crippen LogP) is 3.42. The first kappa shape index (κ1) is 18.2. The maximum Gasteiger partial charge on any atom is 0.273 e. The Hall–Kier alpha value is -2.14. The predicted molar refractivity (Wildman–Crippen MR) is 94.3 cm³/mol. The molecule has 2 rings (SSSR count). The van der Waals surface area contributed by atoms with Crippen LogP contribution in [-0.2, 0) is 23.5 Å². The molecule has 1 aromatic carbocycles. The van der Waals surface area contributed by atoms with E-state index in [1.54, 1.807) is 13.1 Å². The lowest BCUT2D eigenvalue weighted by atomic mass is 10.1. The van der Waals surface area contributed by atoms with Crippen molar-refractivity contribution in [1.82, 2.24) is 9.78 Å².